The first-order chi connectivity index (χ1) is 12.5. The van der Waals surface area contributed by atoms with Gasteiger partial charge in [0.15, 0.2) is 0 Å². The lowest BCUT2D eigenvalue weighted by molar-refractivity contribution is 0.262. The van der Waals surface area contributed by atoms with Gasteiger partial charge in [0.05, 0.1) is 0 Å². The van der Waals surface area contributed by atoms with Crippen molar-refractivity contribution in [1.29, 1.82) is 0 Å². The molecule has 5 nitrogen and oxygen atoms in total. The summed E-state index contributed by atoms with van der Waals surface area (Å²) in [5, 5.41) is 5.76. The van der Waals surface area contributed by atoms with Crippen LogP contribution in [-0.4, -0.2) is 44.2 Å². The second-order valence-electron chi connectivity index (χ2n) is 7.19. The average molecular weight is 352 g/mol. The van der Waals surface area contributed by atoms with Gasteiger partial charge in [0.2, 0.25) is 0 Å². The van der Waals surface area contributed by atoms with Crippen molar-refractivity contribution in [2.75, 3.05) is 48.8 Å². The quantitative estimate of drug-likeness (QED) is 0.867. The van der Waals surface area contributed by atoms with Crippen LogP contribution in [-0.2, 0) is 0 Å². The summed E-state index contributed by atoms with van der Waals surface area (Å²) < 4.78 is 0. The van der Waals surface area contributed by atoms with E-state index in [0.717, 1.165) is 37.6 Å². The molecule has 2 aromatic rings. The molecule has 0 aromatic heterocycles. The Kier molecular flexibility index (Phi) is 5.78. The highest BCUT2D eigenvalue weighted by Gasteiger charge is 2.14. The molecule has 0 unspecified atom stereocenters. The van der Waals surface area contributed by atoms with Gasteiger partial charge in [-0.3, -0.25) is 0 Å². The van der Waals surface area contributed by atoms with Crippen LogP contribution in [0.15, 0.2) is 48.5 Å². The fraction of sp³-hybridized carbons (Fsp3) is 0.381. The Morgan fingerprint density at radius 3 is 1.85 bits per heavy atom. The molecule has 0 aliphatic carbocycles. The third-order valence-corrected chi connectivity index (χ3v) is 4.83. The van der Waals surface area contributed by atoms with E-state index < -0.39 is 0 Å². The maximum atomic E-state index is 12.2. The molecule has 1 aliphatic rings. The Hall–Kier alpha value is -2.53. The number of carbonyl (C=O) groups excluding carboxylic acids is 1. The lowest BCUT2D eigenvalue weighted by Gasteiger charge is -2.34. The minimum atomic E-state index is -0.227. The van der Waals surface area contributed by atoms with Crippen LogP contribution in [0.5, 0.6) is 0 Å². The molecule has 1 aliphatic heterocycles. The lowest BCUT2D eigenvalue weighted by atomic mass is 10.0. The standard InChI is InChI=1S/C21H28N4O/c1-16(2)17-4-6-18(7-5-17)22-21(26)23-19-8-10-20(11-9-19)25-14-12-24(3)13-15-25/h4-11,16H,12-15H2,1-3H3,(H2,22,23,26). The Morgan fingerprint density at radius 2 is 1.35 bits per heavy atom. The first-order valence-electron chi connectivity index (χ1n) is 9.23. The second-order valence-corrected chi connectivity index (χ2v) is 7.19. The van der Waals surface area contributed by atoms with Gasteiger partial charge in [-0.2, -0.15) is 0 Å². The number of urea groups is 1. The van der Waals surface area contributed by atoms with E-state index in [9.17, 15) is 4.79 Å². The maximum absolute atomic E-state index is 12.2. The number of nitrogens with one attached hydrogen (secondary N) is 2. The molecule has 1 fully saturated rings. The SMILES string of the molecule is CC(C)c1ccc(NC(=O)Nc2ccc(N3CCN(C)CC3)cc2)cc1. The number of nitrogens with zero attached hydrogens (tertiary/aromatic N) is 2. The Balaban J connectivity index is 1.54. The lowest BCUT2D eigenvalue weighted by Crippen LogP contribution is -2.44. The van der Waals surface area contributed by atoms with Gasteiger partial charge in [0.1, 0.15) is 0 Å². The van der Waals surface area contributed by atoms with Crippen LogP contribution >= 0.6 is 0 Å². The van der Waals surface area contributed by atoms with Crippen LogP contribution in [0.4, 0.5) is 21.9 Å². The van der Waals surface area contributed by atoms with E-state index in [0.29, 0.717) is 5.92 Å². The number of anilines is 3. The van der Waals surface area contributed by atoms with Crippen LogP contribution < -0.4 is 15.5 Å². The van der Waals surface area contributed by atoms with Gasteiger partial charge < -0.3 is 20.4 Å². The first-order valence-corrected chi connectivity index (χ1v) is 9.23. The van der Waals surface area contributed by atoms with Crippen LogP contribution in [0.3, 0.4) is 0 Å². The molecule has 0 bridgehead atoms. The van der Waals surface area contributed by atoms with Crippen LogP contribution in [0, 0.1) is 0 Å². The molecular formula is C21H28N4O. The summed E-state index contributed by atoms with van der Waals surface area (Å²) in [6.07, 6.45) is 0. The average Bonchev–Trinajstić information content (AvgIpc) is 2.63. The largest absolute Gasteiger partial charge is 0.369 e. The van der Waals surface area contributed by atoms with Crippen LogP contribution in [0.2, 0.25) is 0 Å². The second kappa shape index (κ2) is 8.23. The maximum Gasteiger partial charge on any atom is 0.323 e. The van der Waals surface area contributed by atoms with Gasteiger partial charge in [-0.1, -0.05) is 26.0 Å². The molecule has 0 radical (unpaired) electrons. The molecule has 1 saturated heterocycles. The number of carbonyl (C=O) groups is 1. The van der Waals surface area contributed by atoms with Crippen molar-refractivity contribution in [2.45, 2.75) is 19.8 Å². The molecule has 2 aromatic carbocycles. The molecule has 5 heteroatoms. The van der Waals surface area contributed by atoms with Crippen LogP contribution in [0.25, 0.3) is 0 Å². The monoisotopic (exact) mass is 352 g/mol. The third kappa shape index (κ3) is 4.76. The van der Waals surface area contributed by atoms with Gasteiger partial charge in [-0.15, -0.1) is 0 Å². The highest BCUT2D eigenvalue weighted by molar-refractivity contribution is 5.99. The molecule has 26 heavy (non-hydrogen) atoms. The zero-order valence-electron chi connectivity index (χ0n) is 15.8. The minimum Gasteiger partial charge on any atom is -0.369 e. The van der Waals surface area contributed by atoms with Crippen molar-refractivity contribution in [1.82, 2.24) is 4.90 Å². The van der Waals surface area contributed by atoms with E-state index in [1.54, 1.807) is 0 Å². The molecule has 2 N–H and O–H groups in total. The van der Waals surface area contributed by atoms with E-state index in [1.807, 2.05) is 36.4 Å². The molecular weight excluding hydrogens is 324 g/mol. The van der Waals surface area contributed by atoms with E-state index in [4.69, 9.17) is 0 Å². The summed E-state index contributed by atoms with van der Waals surface area (Å²) in [5.74, 6) is 0.483. The van der Waals surface area contributed by atoms with Gasteiger partial charge >= 0.3 is 6.03 Å². The van der Waals surface area contributed by atoms with Crippen molar-refractivity contribution in [3.8, 4) is 0 Å². The summed E-state index contributed by atoms with van der Waals surface area (Å²) in [5.41, 5.74) is 4.05. The number of rotatable bonds is 4. The summed E-state index contributed by atoms with van der Waals surface area (Å²) in [7, 11) is 2.15. The highest BCUT2D eigenvalue weighted by atomic mass is 16.2. The molecule has 3 rings (SSSR count). The topological polar surface area (TPSA) is 47.6 Å². The fourth-order valence-electron chi connectivity index (χ4n) is 3.07. The van der Waals surface area contributed by atoms with Gasteiger partial charge in [0, 0.05) is 43.2 Å². The fourth-order valence-corrected chi connectivity index (χ4v) is 3.07. The number of piperazine rings is 1. The minimum absolute atomic E-state index is 0.227. The molecule has 0 atom stereocenters. The van der Waals surface area contributed by atoms with Gasteiger partial charge in [-0.25, -0.2) is 4.79 Å². The zero-order valence-corrected chi connectivity index (χ0v) is 15.8. The molecule has 0 spiro atoms. The summed E-state index contributed by atoms with van der Waals surface area (Å²) in [6.45, 7) is 8.55. The highest BCUT2D eigenvalue weighted by Crippen LogP contribution is 2.20. The predicted octanol–water partition coefficient (Wildman–Crippen LogP) is 4.21. The van der Waals surface area contributed by atoms with Crippen molar-refractivity contribution < 1.29 is 4.79 Å². The molecule has 138 valence electrons. The van der Waals surface area contributed by atoms with E-state index in [-0.39, 0.29) is 6.03 Å². The Labute approximate surface area is 156 Å². The van der Waals surface area contributed by atoms with Crippen LogP contribution in [0.1, 0.15) is 25.3 Å². The Bertz CT molecular complexity index is 717. The number of likely N-dealkylation sites (N-methyl/N-ethyl adjacent to an activating group) is 1. The summed E-state index contributed by atoms with van der Waals surface area (Å²) in [4.78, 5) is 16.9. The number of benzene rings is 2. The smallest absolute Gasteiger partial charge is 0.323 e. The zero-order chi connectivity index (χ0) is 18.5. The number of hydrogen-bond acceptors (Lipinski definition) is 3. The number of hydrogen-bond donors (Lipinski definition) is 2. The first kappa shape index (κ1) is 18.3. The molecule has 1 heterocycles. The third-order valence-electron chi connectivity index (χ3n) is 4.83. The normalized spacial score (nSPS) is 15.2. The van der Waals surface area contributed by atoms with E-state index in [2.05, 4.69) is 53.5 Å². The Morgan fingerprint density at radius 1 is 0.846 bits per heavy atom. The van der Waals surface area contributed by atoms with E-state index in [1.165, 1.54) is 11.3 Å². The predicted molar refractivity (Wildman–Crippen MR) is 109 cm³/mol. The van der Waals surface area contributed by atoms with Gasteiger partial charge in [-0.05, 0) is 54.9 Å². The molecule has 0 saturated carbocycles. The van der Waals surface area contributed by atoms with Crippen molar-refractivity contribution in [2.24, 2.45) is 0 Å². The van der Waals surface area contributed by atoms with Gasteiger partial charge in [0.25, 0.3) is 0 Å². The van der Waals surface area contributed by atoms with Crippen molar-refractivity contribution in [3.05, 3.63) is 54.1 Å². The number of amides is 2. The van der Waals surface area contributed by atoms with Crippen molar-refractivity contribution in [3.63, 3.8) is 0 Å². The van der Waals surface area contributed by atoms with E-state index >= 15 is 0 Å². The summed E-state index contributed by atoms with van der Waals surface area (Å²) in [6, 6.07) is 15.8. The van der Waals surface area contributed by atoms with Crippen molar-refractivity contribution >= 4 is 23.1 Å². The summed E-state index contributed by atoms with van der Waals surface area (Å²) >= 11 is 0. The molecule has 2 amide bonds.